The minimum atomic E-state index is -0.728. The number of ether oxygens (including phenoxy) is 2. The molecule has 0 aliphatic rings. The predicted octanol–water partition coefficient (Wildman–Crippen LogP) is 1.40. The quantitative estimate of drug-likeness (QED) is 0.546. The van der Waals surface area contributed by atoms with Crippen LogP contribution in [0.2, 0.25) is 0 Å². The highest BCUT2D eigenvalue weighted by Crippen LogP contribution is 2.21. The highest BCUT2D eigenvalue weighted by molar-refractivity contribution is 9.10. The number of halogens is 1. The fourth-order valence-electron chi connectivity index (χ4n) is 1.27. The molecule has 2 amide bonds. The molecule has 0 spiro atoms. The number of amides is 2. The molecule has 114 valence electrons. The van der Waals surface area contributed by atoms with Gasteiger partial charge in [-0.1, -0.05) is 15.9 Å². The molecule has 0 fully saturated rings. The van der Waals surface area contributed by atoms with Crippen LogP contribution in [0.5, 0.6) is 5.75 Å². The molecule has 1 aromatic rings. The fourth-order valence-corrected chi connectivity index (χ4v) is 1.91. The lowest BCUT2D eigenvalue weighted by Gasteiger charge is -2.11. The average molecular weight is 376 g/mol. The number of thiocarbonyl (C=S) groups is 1. The molecular formula is C12H14BrN3O4S. The van der Waals surface area contributed by atoms with Crippen molar-refractivity contribution in [1.82, 2.24) is 16.2 Å². The van der Waals surface area contributed by atoms with E-state index in [2.05, 4.69) is 36.8 Å². The van der Waals surface area contributed by atoms with E-state index in [-0.39, 0.29) is 11.7 Å². The summed E-state index contributed by atoms with van der Waals surface area (Å²) < 4.78 is 10.6. The Hall–Kier alpha value is -1.87. The van der Waals surface area contributed by atoms with Crippen LogP contribution in [0.1, 0.15) is 5.56 Å². The van der Waals surface area contributed by atoms with Crippen LogP contribution < -0.4 is 20.9 Å². The van der Waals surface area contributed by atoms with E-state index in [4.69, 9.17) is 17.0 Å². The Morgan fingerprint density at radius 2 is 2.05 bits per heavy atom. The van der Waals surface area contributed by atoms with E-state index >= 15 is 0 Å². The maximum atomic E-state index is 11.6. The molecule has 0 aliphatic heterocycles. The number of rotatable bonds is 3. The van der Waals surface area contributed by atoms with E-state index in [0.717, 1.165) is 10.0 Å². The van der Waals surface area contributed by atoms with E-state index in [1.54, 1.807) is 6.07 Å². The number of hydrogen-bond donors (Lipinski definition) is 3. The second-order valence-corrected chi connectivity index (χ2v) is 5.14. The van der Waals surface area contributed by atoms with Gasteiger partial charge in [0.25, 0.3) is 5.91 Å². The van der Waals surface area contributed by atoms with Gasteiger partial charge < -0.3 is 9.47 Å². The van der Waals surface area contributed by atoms with Crippen LogP contribution in [0.4, 0.5) is 4.79 Å². The summed E-state index contributed by atoms with van der Waals surface area (Å²) in [4.78, 5) is 22.4. The molecule has 0 aliphatic carbocycles. The Kier molecular flexibility index (Phi) is 6.89. The summed E-state index contributed by atoms with van der Waals surface area (Å²) in [5.74, 6) is 0.140. The number of carbonyl (C=O) groups excluding carboxylic acids is 2. The van der Waals surface area contributed by atoms with Crippen molar-refractivity contribution in [2.24, 2.45) is 0 Å². The summed E-state index contributed by atoms with van der Waals surface area (Å²) in [5.41, 5.74) is 5.30. The molecule has 0 heterocycles. The van der Waals surface area contributed by atoms with E-state index < -0.39 is 12.0 Å². The number of nitrogens with one attached hydrogen (secondary N) is 3. The van der Waals surface area contributed by atoms with Crippen molar-refractivity contribution < 1.29 is 19.1 Å². The van der Waals surface area contributed by atoms with E-state index in [1.807, 2.05) is 19.1 Å². The summed E-state index contributed by atoms with van der Waals surface area (Å²) in [5, 5.41) is 2.27. The summed E-state index contributed by atoms with van der Waals surface area (Å²) in [7, 11) is 1.20. The third-order valence-electron chi connectivity index (χ3n) is 2.21. The Bertz CT molecular complexity index is 553. The summed E-state index contributed by atoms with van der Waals surface area (Å²) >= 11 is 8.13. The molecule has 7 nitrogen and oxygen atoms in total. The topological polar surface area (TPSA) is 88.7 Å². The number of hydrazine groups is 1. The third kappa shape index (κ3) is 6.41. The molecule has 0 bridgehead atoms. The molecular weight excluding hydrogens is 362 g/mol. The smallest absolute Gasteiger partial charge is 0.425 e. The van der Waals surface area contributed by atoms with Gasteiger partial charge in [0.05, 0.1) is 7.11 Å². The van der Waals surface area contributed by atoms with Crippen LogP contribution in [-0.2, 0) is 9.53 Å². The van der Waals surface area contributed by atoms with Crippen LogP contribution in [0.15, 0.2) is 22.7 Å². The molecule has 0 saturated heterocycles. The van der Waals surface area contributed by atoms with E-state index in [0.29, 0.717) is 5.75 Å². The lowest BCUT2D eigenvalue weighted by molar-refractivity contribution is -0.121. The van der Waals surface area contributed by atoms with Gasteiger partial charge in [0.15, 0.2) is 11.7 Å². The average Bonchev–Trinajstić information content (AvgIpc) is 2.43. The second-order valence-electron chi connectivity index (χ2n) is 3.82. The minimum absolute atomic E-state index is 0.0680. The SMILES string of the molecule is COC(=O)NNC(=S)NC(=O)COc1ccc(Br)cc1C. The number of benzene rings is 1. The zero-order chi connectivity index (χ0) is 15.8. The van der Waals surface area contributed by atoms with Gasteiger partial charge in [0, 0.05) is 4.47 Å². The highest BCUT2D eigenvalue weighted by Gasteiger charge is 2.08. The van der Waals surface area contributed by atoms with Crippen LogP contribution in [0.3, 0.4) is 0 Å². The summed E-state index contributed by atoms with van der Waals surface area (Å²) in [6, 6.07) is 5.44. The summed E-state index contributed by atoms with van der Waals surface area (Å²) in [6.45, 7) is 1.66. The molecule has 1 aromatic carbocycles. The Morgan fingerprint density at radius 3 is 2.67 bits per heavy atom. The lowest BCUT2D eigenvalue weighted by atomic mass is 10.2. The van der Waals surface area contributed by atoms with Crippen molar-refractivity contribution in [1.29, 1.82) is 0 Å². The van der Waals surface area contributed by atoms with Gasteiger partial charge in [-0.15, -0.1) is 0 Å². The van der Waals surface area contributed by atoms with Crippen LogP contribution >= 0.6 is 28.1 Å². The Balaban J connectivity index is 2.37. The monoisotopic (exact) mass is 375 g/mol. The number of methoxy groups -OCH3 is 1. The highest BCUT2D eigenvalue weighted by atomic mass is 79.9. The van der Waals surface area contributed by atoms with Gasteiger partial charge in [-0.25, -0.2) is 10.2 Å². The zero-order valence-corrected chi connectivity index (χ0v) is 13.8. The molecule has 0 radical (unpaired) electrons. The van der Waals surface area contributed by atoms with Gasteiger partial charge >= 0.3 is 6.09 Å². The summed E-state index contributed by atoms with van der Waals surface area (Å²) in [6.07, 6.45) is -0.728. The van der Waals surface area contributed by atoms with Gasteiger partial charge in [-0.3, -0.25) is 15.5 Å². The first kappa shape index (κ1) is 17.2. The van der Waals surface area contributed by atoms with Crippen molar-refractivity contribution >= 4 is 45.3 Å². The van der Waals surface area contributed by atoms with Crippen molar-refractivity contribution in [2.45, 2.75) is 6.92 Å². The zero-order valence-electron chi connectivity index (χ0n) is 11.4. The van der Waals surface area contributed by atoms with Gasteiger partial charge in [0.1, 0.15) is 5.75 Å². The van der Waals surface area contributed by atoms with Crippen LogP contribution in [-0.4, -0.2) is 30.8 Å². The van der Waals surface area contributed by atoms with E-state index in [1.165, 1.54) is 7.11 Å². The third-order valence-corrected chi connectivity index (χ3v) is 2.91. The number of carbonyl (C=O) groups is 2. The van der Waals surface area contributed by atoms with Crippen molar-refractivity contribution in [3.63, 3.8) is 0 Å². The molecule has 3 N–H and O–H groups in total. The maximum Gasteiger partial charge on any atom is 0.425 e. The Morgan fingerprint density at radius 1 is 1.33 bits per heavy atom. The normalized spacial score (nSPS) is 9.48. The molecule has 9 heteroatoms. The molecule has 0 atom stereocenters. The van der Waals surface area contributed by atoms with Gasteiger partial charge in [-0.05, 0) is 42.9 Å². The lowest BCUT2D eigenvalue weighted by Crippen LogP contribution is -2.49. The van der Waals surface area contributed by atoms with Crippen molar-refractivity contribution in [3.05, 3.63) is 28.2 Å². The first-order chi connectivity index (χ1) is 9.92. The molecule has 1 rings (SSSR count). The maximum absolute atomic E-state index is 11.6. The standard InChI is InChI=1S/C12H14BrN3O4S/c1-7-5-8(13)3-4-9(7)20-6-10(17)14-11(21)15-16-12(18)19-2/h3-5H,6H2,1-2H3,(H,16,18)(H2,14,15,17,21). The largest absolute Gasteiger partial charge is 0.483 e. The fraction of sp³-hybridized carbons (Fsp3) is 0.250. The first-order valence-electron chi connectivity index (χ1n) is 5.75. The van der Waals surface area contributed by atoms with Gasteiger partial charge in [0.2, 0.25) is 0 Å². The number of aryl methyl sites for hydroxylation is 1. The predicted molar refractivity (Wildman–Crippen MR) is 83.8 cm³/mol. The molecule has 0 aromatic heterocycles. The van der Waals surface area contributed by atoms with E-state index in [9.17, 15) is 9.59 Å². The van der Waals surface area contributed by atoms with Crippen LogP contribution in [0.25, 0.3) is 0 Å². The van der Waals surface area contributed by atoms with Crippen molar-refractivity contribution in [3.8, 4) is 5.75 Å². The second kappa shape index (κ2) is 8.42. The van der Waals surface area contributed by atoms with Gasteiger partial charge in [-0.2, -0.15) is 0 Å². The Labute approximate surface area is 135 Å². The number of hydrogen-bond acceptors (Lipinski definition) is 5. The molecule has 0 unspecified atom stereocenters. The molecule has 21 heavy (non-hydrogen) atoms. The van der Waals surface area contributed by atoms with Crippen LogP contribution in [0, 0.1) is 6.92 Å². The van der Waals surface area contributed by atoms with Crippen molar-refractivity contribution in [2.75, 3.05) is 13.7 Å². The first-order valence-corrected chi connectivity index (χ1v) is 6.95. The molecule has 0 saturated carbocycles. The minimum Gasteiger partial charge on any atom is -0.483 e.